The molecule has 0 spiro atoms. The molecule has 2 aromatic rings. The first-order valence-electron chi connectivity index (χ1n) is 7.79. The largest absolute Gasteiger partial charge is 0.411 e. The fourth-order valence-corrected chi connectivity index (χ4v) is 3.11. The van der Waals surface area contributed by atoms with Crippen LogP contribution in [0.5, 0.6) is 0 Å². The minimum absolute atomic E-state index is 0.00309. The molecule has 3 N–H and O–H groups in total. The van der Waals surface area contributed by atoms with Crippen molar-refractivity contribution >= 4 is 21.4 Å². The number of hydrogen-bond donors (Lipinski definition) is 2. The van der Waals surface area contributed by atoms with Gasteiger partial charge >= 0.3 is 5.22 Å². The monoisotopic (exact) mass is 366 g/mol. The average molecular weight is 366 g/mol. The van der Waals surface area contributed by atoms with Gasteiger partial charge in [-0.3, -0.25) is 4.79 Å². The van der Waals surface area contributed by atoms with Crippen LogP contribution in [0.2, 0.25) is 0 Å². The van der Waals surface area contributed by atoms with E-state index in [0.717, 1.165) is 11.1 Å². The van der Waals surface area contributed by atoms with Crippen LogP contribution in [-0.2, 0) is 14.6 Å². The van der Waals surface area contributed by atoms with Gasteiger partial charge in [-0.25, -0.2) is 8.42 Å². The molecule has 0 saturated carbocycles. The van der Waals surface area contributed by atoms with Crippen molar-refractivity contribution in [2.45, 2.75) is 39.0 Å². The molecule has 9 heteroatoms. The molecule has 1 aromatic heterocycles. The van der Waals surface area contributed by atoms with Gasteiger partial charge in [-0.15, -0.1) is 5.10 Å². The summed E-state index contributed by atoms with van der Waals surface area (Å²) < 4.78 is 29.8. The summed E-state index contributed by atoms with van der Waals surface area (Å²) in [7, 11) is -4.05. The second-order valence-electron chi connectivity index (χ2n) is 6.25. The Morgan fingerprint density at radius 1 is 1.24 bits per heavy atom. The summed E-state index contributed by atoms with van der Waals surface area (Å²) in [6, 6.07) is 4.94. The van der Waals surface area contributed by atoms with Crippen molar-refractivity contribution in [1.82, 2.24) is 10.2 Å². The molecule has 1 aromatic carbocycles. The Hall–Kier alpha value is -2.26. The van der Waals surface area contributed by atoms with Crippen molar-refractivity contribution in [2.75, 3.05) is 11.1 Å². The lowest BCUT2D eigenvalue weighted by atomic mass is 10.1. The number of carbonyl (C=O) groups is 1. The summed E-state index contributed by atoms with van der Waals surface area (Å²) in [6.45, 7) is 7.35. The van der Waals surface area contributed by atoms with Gasteiger partial charge < -0.3 is 15.5 Å². The Bertz CT molecular complexity index is 854. The summed E-state index contributed by atoms with van der Waals surface area (Å²) in [4.78, 5) is 12.1. The maximum absolute atomic E-state index is 12.3. The Morgan fingerprint density at radius 3 is 2.40 bits per heavy atom. The Balaban J connectivity index is 2.14. The number of sulfone groups is 1. The Labute approximate surface area is 146 Å². The molecule has 1 heterocycles. The van der Waals surface area contributed by atoms with Gasteiger partial charge in [0, 0.05) is 5.69 Å². The fraction of sp³-hybridized carbons (Fsp3) is 0.438. The van der Waals surface area contributed by atoms with E-state index in [2.05, 4.69) is 15.5 Å². The lowest BCUT2D eigenvalue weighted by Gasteiger charge is -2.11. The molecule has 136 valence electrons. The van der Waals surface area contributed by atoms with E-state index in [-0.39, 0.29) is 11.8 Å². The summed E-state index contributed by atoms with van der Waals surface area (Å²) >= 11 is 0. The summed E-state index contributed by atoms with van der Waals surface area (Å²) in [5, 5.41) is 9.21. The van der Waals surface area contributed by atoms with Gasteiger partial charge in [0.05, 0.1) is 6.04 Å². The van der Waals surface area contributed by atoms with E-state index < -0.39 is 32.8 Å². The minimum atomic E-state index is -4.05. The standard InChI is InChI=1S/C16H22N4O4S/c1-9(2)13(17)15-19-20-16(24-15)25(22,23)8-12(21)18-14-10(3)6-5-7-11(14)4/h5-7,9,13H,8,17H2,1-4H3,(H,18,21). The van der Waals surface area contributed by atoms with Crippen LogP contribution in [0.3, 0.4) is 0 Å². The summed E-state index contributed by atoms with van der Waals surface area (Å²) in [5.41, 5.74) is 8.14. The normalized spacial score (nSPS) is 13.0. The smallest absolute Gasteiger partial charge is 0.336 e. The zero-order valence-electron chi connectivity index (χ0n) is 14.6. The molecule has 1 amide bonds. The number of rotatable bonds is 6. The lowest BCUT2D eigenvalue weighted by molar-refractivity contribution is -0.113. The van der Waals surface area contributed by atoms with Gasteiger partial charge in [-0.05, 0) is 30.9 Å². The van der Waals surface area contributed by atoms with Crippen molar-refractivity contribution in [3.63, 3.8) is 0 Å². The van der Waals surface area contributed by atoms with Crippen molar-refractivity contribution in [3.05, 3.63) is 35.2 Å². The highest BCUT2D eigenvalue weighted by atomic mass is 32.2. The van der Waals surface area contributed by atoms with Crippen LogP contribution < -0.4 is 11.1 Å². The van der Waals surface area contributed by atoms with Crippen molar-refractivity contribution < 1.29 is 17.6 Å². The maximum Gasteiger partial charge on any atom is 0.336 e. The van der Waals surface area contributed by atoms with Gasteiger partial charge in [0.15, 0.2) is 0 Å². The first-order chi connectivity index (χ1) is 11.6. The highest BCUT2D eigenvalue weighted by Crippen LogP contribution is 2.21. The average Bonchev–Trinajstić information content (AvgIpc) is 3.00. The topological polar surface area (TPSA) is 128 Å². The number of nitrogens with one attached hydrogen (secondary N) is 1. The molecule has 25 heavy (non-hydrogen) atoms. The third kappa shape index (κ3) is 4.43. The van der Waals surface area contributed by atoms with Gasteiger partial charge in [0.25, 0.3) is 0 Å². The number of aryl methyl sites for hydroxylation is 2. The van der Waals surface area contributed by atoms with E-state index in [1.54, 1.807) is 0 Å². The summed E-state index contributed by atoms with van der Waals surface area (Å²) in [5.74, 6) is -1.43. The van der Waals surface area contributed by atoms with Crippen LogP contribution in [-0.4, -0.2) is 30.3 Å². The molecule has 0 aliphatic rings. The van der Waals surface area contributed by atoms with Gasteiger partial charge in [0.1, 0.15) is 5.75 Å². The highest BCUT2D eigenvalue weighted by Gasteiger charge is 2.28. The molecular weight excluding hydrogens is 344 g/mol. The van der Waals surface area contributed by atoms with Crippen LogP contribution in [0.1, 0.15) is 36.9 Å². The van der Waals surface area contributed by atoms with Crippen molar-refractivity contribution in [3.8, 4) is 0 Å². The zero-order chi connectivity index (χ0) is 18.8. The Kier molecular flexibility index (Phi) is 5.58. The summed E-state index contributed by atoms with van der Waals surface area (Å²) in [6.07, 6.45) is 0. The molecular formula is C16H22N4O4S. The first kappa shape index (κ1) is 19.1. The predicted molar refractivity (Wildman–Crippen MR) is 92.7 cm³/mol. The molecule has 1 atom stereocenters. The maximum atomic E-state index is 12.3. The number of carbonyl (C=O) groups excluding carboxylic acids is 1. The third-order valence-electron chi connectivity index (χ3n) is 3.76. The second-order valence-corrected chi connectivity index (χ2v) is 8.12. The second kappa shape index (κ2) is 7.32. The molecule has 8 nitrogen and oxygen atoms in total. The van der Waals surface area contributed by atoms with Crippen LogP contribution in [0.4, 0.5) is 5.69 Å². The zero-order valence-corrected chi connectivity index (χ0v) is 15.4. The van der Waals surface area contributed by atoms with E-state index in [4.69, 9.17) is 10.2 Å². The van der Waals surface area contributed by atoms with Crippen molar-refractivity contribution in [1.29, 1.82) is 0 Å². The Morgan fingerprint density at radius 2 is 1.84 bits per heavy atom. The van der Waals surface area contributed by atoms with Crippen LogP contribution in [0.15, 0.2) is 27.8 Å². The van der Waals surface area contributed by atoms with Crippen LogP contribution in [0.25, 0.3) is 0 Å². The lowest BCUT2D eigenvalue weighted by Crippen LogP contribution is -2.24. The highest BCUT2D eigenvalue weighted by molar-refractivity contribution is 7.91. The molecule has 0 bridgehead atoms. The molecule has 1 unspecified atom stereocenters. The van der Waals surface area contributed by atoms with Gasteiger partial charge in [-0.1, -0.05) is 37.1 Å². The number of nitrogens with zero attached hydrogens (tertiary/aromatic N) is 2. The molecule has 0 saturated heterocycles. The van der Waals surface area contributed by atoms with Crippen LogP contribution in [0, 0.1) is 19.8 Å². The minimum Gasteiger partial charge on any atom is -0.411 e. The number of anilines is 1. The predicted octanol–water partition coefficient (Wildman–Crippen LogP) is 1.75. The number of aromatic nitrogens is 2. The van der Waals surface area contributed by atoms with E-state index in [0.29, 0.717) is 5.69 Å². The van der Waals surface area contributed by atoms with E-state index in [1.165, 1.54) is 0 Å². The van der Waals surface area contributed by atoms with Gasteiger partial charge in [0.2, 0.25) is 21.6 Å². The van der Waals surface area contributed by atoms with Gasteiger partial charge in [-0.2, -0.15) is 0 Å². The van der Waals surface area contributed by atoms with Crippen LogP contribution >= 0.6 is 0 Å². The third-order valence-corrected chi connectivity index (χ3v) is 5.10. The molecule has 0 aliphatic heterocycles. The SMILES string of the molecule is Cc1cccc(C)c1NC(=O)CS(=O)(=O)c1nnc(C(N)C(C)C)o1. The number of para-hydroxylation sites is 1. The quantitative estimate of drug-likeness (QED) is 0.797. The molecule has 0 aliphatic carbocycles. The van der Waals surface area contributed by atoms with E-state index in [1.807, 2.05) is 45.9 Å². The van der Waals surface area contributed by atoms with Crippen molar-refractivity contribution in [2.24, 2.45) is 11.7 Å². The number of amides is 1. The van der Waals surface area contributed by atoms with E-state index in [9.17, 15) is 13.2 Å². The molecule has 2 rings (SSSR count). The number of hydrogen-bond acceptors (Lipinski definition) is 7. The molecule has 0 radical (unpaired) electrons. The molecule has 0 fully saturated rings. The first-order valence-corrected chi connectivity index (χ1v) is 9.45. The fourth-order valence-electron chi connectivity index (χ4n) is 2.19. The number of nitrogens with two attached hydrogens (primary N) is 1. The van der Waals surface area contributed by atoms with E-state index >= 15 is 0 Å². The number of benzene rings is 1.